The van der Waals surface area contributed by atoms with Crippen molar-refractivity contribution < 1.29 is 4.74 Å². The Labute approximate surface area is 115 Å². The Hall–Kier alpha value is -0.870. The lowest BCUT2D eigenvalue weighted by atomic mass is 9.78. The van der Waals surface area contributed by atoms with Crippen molar-refractivity contribution in [3.05, 3.63) is 18.0 Å². The zero-order chi connectivity index (χ0) is 13.1. The van der Waals surface area contributed by atoms with Crippen LogP contribution in [0.1, 0.15) is 50.6 Å². The van der Waals surface area contributed by atoms with E-state index in [9.17, 15) is 0 Å². The largest absolute Gasteiger partial charge is 0.375 e. The van der Waals surface area contributed by atoms with Gasteiger partial charge in [-0.1, -0.05) is 19.3 Å². The molecule has 1 atom stereocenters. The Morgan fingerprint density at radius 1 is 1.42 bits per heavy atom. The van der Waals surface area contributed by atoms with Crippen molar-refractivity contribution >= 4 is 0 Å². The molecule has 0 bridgehead atoms. The van der Waals surface area contributed by atoms with Gasteiger partial charge in [0.25, 0.3) is 0 Å². The zero-order valence-corrected chi connectivity index (χ0v) is 11.9. The van der Waals surface area contributed by atoms with E-state index >= 15 is 0 Å². The van der Waals surface area contributed by atoms with Crippen molar-refractivity contribution in [3.8, 4) is 0 Å². The van der Waals surface area contributed by atoms with Crippen LogP contribution in [0, 0.1) is 0 Å². The molecule has 2 fully saturated rings. The van der Waals surface area contributed by atoms with Crippen molar-refractivity contribution in [3.63, 3.8) is 0 Å². The summed E-state index contributed by atoms with van der Waals surface area (Å²) in [6, 6.07) is 2.68. The Bertz CT molecular complexity index is 404. The molecule has 4 heteroatoms. The first kappa shape index (κ1) is 13.1. The van der Waals surface area contributed by atoms with E-state index in [0.29, 0.717) is 6.04 Å². The monoisotopic (exact) mass is 263 g/mol. The minimum absolute atomic E-state index is 0.193. The van der Waals surface area contributed by atoms with Crippen molar-refractivity contribution in [2.75, 3.05) is 6.61 Å². The average Bonchev–Trinajstić information content (AvgIpc) is 2.83. The molecular weight excluding hydrogens is 238 g/mol. The Morgan fingerprint density at radius 2 is 2.26 bits per heavy atom. The SMILES string of the molecule is Cn1ccc(CNC2CCOC3(CCCCC3)C2)n1. The molecule has 2 aliphatic rings. The summed E-state index contributed by atoms with van der Waals surface area (Å²) in [5, 5.41) is 8.09. The van der Waals surface area contributed by atoms with Crippen LogP contribution in [-0.4, -0.2) is 28.0 Å². The molecule has 0 amide bonds. The molecule has 1 spiro atoms. The highest BCUT2D eigenvalue weighted by molar-refractivity contribution is 4.99. The van der Waals surface area contributed by atoms with Crippen LogP contribution < -0.4 is 5.32 Å². The average molecular weight is 263 g/mol. The van der Waals surface area contributed by atoms with E-state index in [1.807, 2.05) is 17.9 Å². The molecule has 1 aliphatic carbocycles. The Balaban J connectivity index is 1.53. The summed E-state index contributed by atoms with van der Waals surface area (Å²) in [5.41, 5.74) is 1.32. The van der Waals surface area contributed by atoms with Gasteiger partial charge in [0.1, 0.15) is 0 Å². The number of nitrogens with zero attached hydrogens (tertiary/aromatic N) is 2. The predicted molar refractivity (Wildman–Crippen MR) is 74.8 cm³/mol. The van der Waals surface area contributed by atoms with Crippen molar-refractivity contribution in [2.24, 2.45) is 7.05 Å². The smallest absolute Gasteiger partial charge is 0.0762 e. The first-order valence-corrected chi connectivity index (χ1v) is 7.62. The molecule has 1 aliphatic heterocycles. The van der Waals surface area contributed by atoms with Crippen molar-refractivity contribution in [1.29, 1.82) is 0 Å². The molecule has 1 aromatic rings. The van der Waals surface area contributed by atoms with Crippen LogP contribution in [0.25, 0.3) is 0 Å². The highest BCUT2D eigenvalue weighted by Crippen LogP contribution is 2.38. The second-order valence-corrected chi connectivity index (χ2v) is 6.14. The van der Waals surface area contributed by atoms with Crippen LogP contribution in [0.3, 0.4) is 0 Å². The Kier molecular flexibility index (Phi) is 3.89. The molecule has 1 aromatic heterocycles. The lowest BCUT2D eigenvalue weighted by Crippen LogP contribution is -2.47. The van der Waals surface area contributed by atoms with Gasteiger partial charge in [-0.15, -0.1) is 0 Å². The second kappa shape index (κ2) is 5.63. The molecule has 0 aromatic carbocycles. The highest BCUT2D eigenvalue weighted by Gasteiger charge is 2.38. The van der Waals surface area contributed by atoms with Gasteiger partial charge in [-0.3, -0.25) is 4.68 Å². The number of hydrogen-bond donors (Lipinski definition) is 1. The third-order valence-corrected chi connectivity index (χ3v) is 4.60. The summed E-state index contributed by atoms with van der Waals surface area (Å²) >= 11 is 0. The summed E-state index contributed by atoms with van der Waals surface area (Å²) in [5.74, 6) is 0. The molecule has 1 saturated heterocycles. The third kappa shape index (κ3) is 3.18. The summed E-state index contributed by atoms with van der Waals surface area (Å²) in [6.45, 7) is 1.79. The molecule has 4 nitrogen and oxygen atoms in total. The summed E-state index contributed by atoms with van der Waals surface area (Å²) in [7, 11) is 1.97. The first-order valence-electron chi connectivity index (χ1n) is 7.62. The van der Waals surface area contributed by atoms with E-state index < -0.39 is 0 Å². The standard InChI is InChI=1S/C15H25N3O/c1-18-9-5-14(17-18)12-16-13-6-10-19-15(11-13)7-3-2-4-8-15/h5,9,13,16H,2-4,6-8,10-12H2,1H3. The van der Waals surface area contributed by atoms with Gasteiger partial charge in [-0.25, -0.2) is 0 Å². The molecule has 1 N–H and O–H groups in total. The van der Waals surface area contributed by atoms with Gasteiger partial charge in [-0.05, 0) is 31.7 Å². The Morgan fingerprint density at radius 3 is 3.00 bits per heavy atom. The van der Waals surface area contributed by atoms with Gasteiger partial charge < -0.3 is 10.1 Å². The van der Waals surface area contributed by atoms with Crippen LogP contribution in [0.15, 0.2) is 12.3 Å². The van der Waals surface area contributed by atoms with Gasteiger partial charge in [0, 0.05) is 32.4 Å². The predicted octanol–water partition coefficient (Wildman–Crippen LogP) is 2.39. The van der Waals surface area contributed by atoms with Gasteiger partial charge in [0.05, 0.1) is 11.3 Å². The number of rotatable bonds is 3. The fourth-order valence-corrected chi connectivity index (χ4v) is 3.55. The van der Waals surface area contributed by atoms with Gasteiger partial charge >= 0.3 is 0 Å². The van der Waals surface area contributed by atoms with Crippen LogP contribution in [0.4, 0.5) is 0 Å². The van der Waals surface area contributed by atoms with Crippen LogP contribution in [-0.2, 0) is 18.3 Å². The maximum absolute atomic E-state index is 6.13. The molecule has 3 rings (SSSR count). The van der Waals surface area contributed by atoms with Crippen LogP contribution >= 0.6 is 0 Å². The van der Waals surface area contributed by atoms with Gasteiger partial charge in [0.2, 0.25) is 0 Å². The molecule has 1 unspecified atom stereocenters. The quantitative estimate of drug-likeness (QED) is 0.910. The minimum atomic E-state index is 0.193. The molecule has 0 radical (unpaired) electrons. The lowest BCUT2D eigenvalue weighted by molar-refractivity contribution is -0.109. The maximum atomic E-state index is 6.13. The van der Waals surface area contributed by atoms with E-state index in [1.54, 1.807) is 0 Å². The fraction of sp³-hybridized carbons (Fsp3) is 0.800. The molecule has 106 valence electrons. The van der Waals surface area contributed by atoms with Crippen molar-refractivity contribution in [2.45, 2.75) is 63.1 Å². The number of nitrogens with one attached hydrogen (secondary N) is 1. The van der Waals surface area contributed by atoms with Gasteiger partial charge in [-0.2, -0.15) is 5.10 Å². The highest BCUT2D eigenvalue weighted by atomic mass is 16.5. The third-order valence-electron chi connectivity index (χ3n) is 4.60. The summed E-state index contributed by atoms with van der Waals surface area (Å²) in [4.78, 5) is 0. The summed E-state index contributed by atoms with van der Waals surface area (Å²) in [6.07, 6.45) is 10.9. The number of aromatic nitrogens is 2. The lowest BCUT2D eigenvalue weighted by Gasteiger charge is -2.43. The van der Waals surface area contributed by atoms with E-state index in [0.717, 1.165) is 25.3 Å². The zero-order valence-electron chi connectivity index (χ0n) is 11.9. The number of hydrogen-bond acceptors (Lipinski definition) is 3. The van der Waals surface area contributed by atoms with E-state index in [2.05, 4.69) is 16.5 Å². The normalized spacial score (nSPS) is 26.7. The second-order valence-electron chi connectivity index (χ2n) is 6.14. The maximum Gasteiger partial charge on any atom is 0.0762 e. The molecule has 19 heavy (non-hydrogen) atoms. The van der Waals surface area contributed by atoms with E-state index in [-0.39, 0.29) is 5.60 Å². The van der Waals surface area contributed by atoms with Crippen LogP contribution in [0.5, 0.6) is 0 Å². The first-order chi connectivity index (χ1) is 9.26. The minimum Gasteiger partial charge on any atom is -0.375 e. The van der Waals surface area contributed by atoms with Gasteiger partial charge in [0.15, 0.2) is 0 Å². The molecule has 2 heterocycles. The van der Waals surface area contributed by atoms with E-state index in [4.69, 9.17) is 4.74 Å². The van der Waals surface area contributed by atoms with E-state index in [1.165, 1.54) is 38.5 Å². The molecular formula is C15H25N3O. The summed E-state index contributed by atoms with van der Waals surface area (Å²) < 4.78 is 8.00. The van der Waals surface area contributed by atoms with Crippen molar-refractivity contribution in [1.82, 2.24) is 15.1 Å². The topological polar surface area (TPSA) is 39.1 Å². The number of aryl methyl sites for hydroxylation is 1. The number of ether oxygens (including phenoxy) is 1. The molecule has 1 saturated carbocycles. The van der Waals surface area contributed by atoms with Crippen LogP contribution in [0.2, 0.25) is 0 Å². The fourth-order valence-electron chi connectivity index (χ4n) is 3.55.